The molecule has 0 unspecified atom stereocenters. The largest absolute Gasteiger partial charge is 0.380 e. The van der Waals surface area contributed by atoms with E-state index in [1.54, 1.807) is 7.11 Å². The van der Waals surface area contributed by atoms with Crippen molar-refractivity contribution < 1.29 is 9.53 Å². The fraction of sp³-hybridized carbons (Fsp3) is 0.429. The molecular formula is C21H27N3O2. The summed E-state index contributed by atoms with van der Waals surface area (Å²) in [6.07, 6.45) is 6.96. The highest BCUT2D eigenvalue weighted by atomic mass is 16.5. The number of nitrogens with zero attached hydrogens (tertiary/aromatic N) is 2. The van der Waals surface area contributed by atoms with Crippen molar-refractivity contribution in [2.75, 3.05) is 25.1 Å². The molecule has 0 radical (unpaired) electrons. The van der Waals surface area contributed by atoms with Gasteiger partial charge in [-0.3, -0.25) is 4.79 Å². The average molecular weight is 353 g/mol. The van der Waals surface area contributed by atoms with Gasteiger partial charge in [-0.25, -0.2) is 4.98 Å². The van der Waals surface area contributed by atoms with Crippen LogP contribution in [-0.4, -0.2) is 31.1 Å². The molecule has 1 aliphatic heterocycles. The normalized spacial score (nSPS) is 14.7. The maximum absolute atomic E-state index is 12.3. The number of aromatic nitrogens is 1. The van der Waals surface area contributed by atoms with E-state index < -0.39 is 0 Å². The Kier molecular flexibility index (Phi) is 6.61. The predicted molar refractivity (Wildman–Crippen MR) is 103 cm³/mol. The van der Waals surface area contributed by atoms with Crippen molar-refractivity contribution in [2.24, 2.45) is 0 Å². The zero-order valence-electron chi connectivity index (χ0n) is 15.4. The Morgan fingerprint density at radius 2 is 1.92 bits per heavy atom. The minimum absolute atomic E-state index is 0.0838. The van der Waals surface area contributed by atoms with Gasteiger partial charge < -0.3 is 15.0 Å². The molecule has 0 saturated carbocycles. The van der Waals surface area contributed by atoms with Crippen LogP contribution in [0.15, 0.2) is 42.6 Å². The molecule has 1 aromatic carbocycles. The number of carbonyl (C=O) groups is 1. The maximum atomic E-state index is 12.3. The highest BCUT2D eigenvalue weighted by Crippen LogP contribution is 2.17. The Hall–Kier alpha value is -2.40. The molecule has 1 amide bonds. The molecule has 1 fully saturated rings. The first-order valence-electron chi connectivity index (χ1n) is 9.32. The van der Waals surface area contributed by atoms with Gasteiger partial charge in [0.25, 0.3) is 5.91 Å². The molecule has 0 spiro atoms. The van der Waals surface area contributed by atoms with E-state index in [1.807, 2.05) is 30.5 Å². The number of benzene rings is 1. The Labute approximate surface area is 155 Å². The monoisotopic (exact) mass is 353 g/mol. The number of pyridine rings is 1. The van der Waals surface area contributed by atoms with Gasteiger partial charge in [-0.15, -0.1) is 0 Å². The molecule has 0 bridgehead atoms. The summed E-state index contributed by atoms with van der Waals surface area (Å²) in [5, 5.41) is 2.96. The lowest BCUT2D eigenvalue weighted by atomic mass is 10.1. The average Bonchev–Trinajstić information content (AvgIpc) is 2.96. The summed E-state index contributed by atoms with van der Waals surface area (Å²) in [5.74, 6) is 0.953. The van der Waals surface area contributed by atoms with Crippen molar-refractivity contribution in [2.45, 2.75) is 38.8 Å². The molecule has 1 saturated heterocycles. The Morgan fingerprint density at radius 3 is 2.62 bits per heavy atom. The number of anilines is 1. The van der Waals surface area contributed by atoms with Gasteiger partial charge in [0.05, 0.1) is 6.61 Å². The summed E-state index contributed by atoms with van der Waals surface area (Å²) in [6, 6.07) is 11.6. The third-order valence-corrected chi connectivity index (χ3v) is 4.69. The van der Waals surface area contributed by atoms with Crippen molar-refractivity contribution in [3.63, 3.8) is 0 Å². The number of methoxy groups -OCH3 is 1. The maximum Gasteiger partial charge on any atom is 0.251 e. The summed E-state index contributed by atoms with van der Waals surface area (Å²) in [6.45, 7) is 3.14. The van der Waals surface area contributed by atoms with Crippen LogP contribution < -0.4 is 10.2 Å². The first-order valence-corrected chi connectivity index (χ1v) is 9.32. The molecule has 1 aromatic heterocycles. The molecule has 5 nitrogen and oxygen atoms in total. The molecule has 5 heteroatoms. The van der Waals surface area contributed by atoms with Crippen LogP contribution >= 0.6 is 0 Å². The van der Waals surface area contributed by atoms with E-state index in [9.17, 15) is 4.79 Å². The minimum atomic E-state index is -0.0838. The van der Waals surface area contributed by atoms with Crippen LogP contribution in [0.4, 0.5) is 5.82 Å². The summed E-state index contributed by atoms with van der Waals surface area (Å²) < 4.78 is 5.12. The van der Waals surface area contributed by atoms with Crippen LogP contribution in [0.1, 0.15) is 47.2 Å². The van der Waals surface area contributed by atoms with Gasteiger partial charge in [0, 0.05) is 38.5 Å². The first-order chi connectivity index (χ1) is 12.8. The predicted octanol–water partition coefficient (Wildman–Crippen LogP) is 3.54. The first kappa shape index (κ1) is 18.4. The summed E-state index contributed by atoms with van der Waals surface area (Å²) in [7, 11) is 1.65. The number of hydrogen-bond acceptors (Lipinski definition) is 4. The van der Waals surface area contributed by atoms with Crippen molar-refractivity contribution in [3.05, 3.63) is 59.3 Å². The zero-order chi connectivity index (χ0) is 18.2. The molecule has 1 aliphatic rings. The van der Waals surface area contributed by atoms with E-state index in [0.717, 1.165) is 30.0 Å². The highest BCUT2D eigenvalue weighted by Gasteiger charge is 2.11. The van der Waals surface area contributed by atoms with Crippen LogP contribution in [0.3, 0.4) is 0 Å². The lowest BCUT2D eigenvalue weighted by Gasteiger charge is -2.21. The number of nitrogens with one attached hydrogen (secondary N) is 1. The van der Waals surface area contributed by atoms with Crippen LogP contribution in [-0.2, 0) is 17.9 Å². The standard InChI is InChI=1S/C21H27N3O2/c1-26-16-17-7-6-8-19(13-17)21(25)23-15-18-9-10-20(22-14-18)24-11-4-2-3-5-12-24/h6-10,13-14H,2-5,11-12,15-16H2,1H3,(H,23,25). The molecular weight excluding hydrogens is 326 g/mol. The molecule has 138 valence electrons. The number of rotatable bonds is 6. The molecule has 2 heterocycles. The summed E-state index contributed by atoms with van der Waals surface area (Å²) >= 11 is 0. The van der Waals surface area contributed by atoms with Crippen molar-refractivity contribution >= 4 is 11.7 Å². The second kappa shape index (κ2) is 9.34. The van der Waals surface area contributed by atoms with Gasteiger partial charge in [0.1, 0.15) is 5.82 Å². The van der Waals surface area contributed by atoms with E-state index in [4.69, 9.17) is 4.74 Å². The zero-order valence-corrected chi connectivity index (χ0v) is 15.4. The Balaban J connectivity index is 1.55. The van der Waals surface area contributed by atoms with E-state index in [1.165, 1.54) is 25.7 Å². The second-order valence-corrected chi connectivity index (χ2v) is 6.74. The Bertz CT molecular complexity index is 707. The molecule has 26 heavy (non-hydrogen) atoms. The second-order valence-electron chi connectivity index (χ2n) is 6.74. The van der Waals surface area contributed by atoms with Gasteiger partial charge in [0.2, 0.25) is 0 Å². The third-order valence-electron chi connectivity index (χ3n) is 4.69. The van der Waals surface area contributed by atoms with E-state index in [0.29, 0.717) is 18.7 Å². The van der Waals surface area contributed by atoms with Crippen LogP contribution in [0.2, 0.25) is 0 Å². The van der Waals surface area contributed by atoms with Crippen molar-refractivity contribution in [1.82, 2.24) is 10.3 Å². The summed E-state index contributed by atoms with van der Waals surface area (Å²) in [4.78, 5) is 19.3. The smallest absolute Gasteiger partial charge is 0.251 e. The molecule has 0 aliphatic carbocycles. The fourth-order valence-corrected chi connectivity index (χ4v) is 3.26. The topological polar surface area (TPSA) is 54.5 Å². The molecule has 1 N–H and O–H groups in total. The molecule has 3 rings (SSSR count). The lowest BCUT2D eigenvalue weighted by Crippen LogP contribution is -2.25. The van der Waals surface area contributed by atoms with Gasteiger partial charge in [-0.2, -0.15) is 0 Å². The minimum Gasteiger partial charge on any atom is -0.380 e. The van der Waals surface area contributed by atoms with Crippen molar-refractivity contribution in [3.8, 4) is 0 Å². The van der Waals surface area contributed by atoms with E-state index >= 15 is 0 Å². The van der Waals surface area contributed by atoms with Crippen LogP contribution in [0, 0.1) is 0 Å². The van der Waals surface area contributed by atoms with Gasteiger partial charge in [0.15, 0.2) is 0 Å². The van der Waals surface area contributed by atoms with Gasteiger partial charge >= 0.3 is 0 Å². The summed E-state index contributed by atoms with van der Waals surface area (Å²) in [5.41, 5.74) is 2.64. The lowest BCUT2D eigenvalue weighted by molar-refractivity contribution is 0.0950. The number of carbonyl (C=O) groups excluding carboxylic acids is 1. The van der Waals surface area contributed by atoms with Gasteiger partial charge in [-0.1, -0.05) is 31.0 Å². The van der Waals surface area contributed by atoms with Crippen molar-refractivity contribution in [1.29, 1.82) is 0 Å². The highest BCUT2D eigenvalue weighted by molar-refractivity contribution is 5.94. The third kappa shape index (κ3) is 5.05. The van der Waals surface area contributed by atoms with E-state index in [-0.39, 0.29) is 5.91 Å². The fourth-order valence-electron chi connectivity index (χ4n) is 3.26. The van der Waals surface area contributed by atoms with E-state index in [2.05, 4.69) is 27.3 Å². The van der Waals surface area contributed by atoms with Crippen LogP contribution in [0.5, 0.6) is 0 Å². The number of hydrogen-bond donors (Lipinski definition) is 1. The van der Waals surface area contributed by atoms with Crippen LogP contribution in [0.25, 0.3) is 0 Å². The molecule has 2 aromatic rings. The Morgan fingerprint density at radius 1 is 1.12 bits per heavy atom. The molecule has 0 atom stereocenters. The number of amides is 1. The quantitative estimate of drug-likeness (QED) is 0.863. The van der Waals surface area contributed by atoms with Gasteiger partial charge in [-0.05, 0) is 42.2 Å². The SMILES string of the molecule is COCc1cccc(C(=O)NCc2ccc(N3CCCCCC3)nc2)c1. The number of ether oxygens (including phenoxy) is 1.